The zero-order valence-corrected chi connectivity index (χ0v) is 13.5. The third-order valence-corrected chi connectivity index (χ3v) is 3.44. The molecule has 0 saturated carbocycles. The number of aliphatic hydroxyl groups is 1. The molecule has 0 saturated heterocycles. The van der Waals surface area contributed by atoms with E-state index >= 15 is 0 Å². The predicted octanol–water partition coefficient (Wildman–Crippen LogP) is 3.22. The van der Waals surface area contributed by atoms with Crippen molar-refractivity contribution in [3.63, 3.8) is 0 Å². The van der Waals surface area contributed by atoms with Gasteiger partial charge in [0.15, 0.2) is 0 Å². The van der Waals surface area contributed by atoms with Crippen LogP contribution in [0.3, 0.4) is 0 Å². The Bertz CT molecular complexity index is 662. The number of hydrogen-bond acceptors (Lipinski definition) is 3. The molecule has 2 amide bonds. The second-order valence-electron chi connectivity index (χ2n) is 5.20. The number of hydrogen-bond donors (Lipinski definition) is 3. The van der Waals surface area contributed by atoms with Gasteiger partial charge >= 0.3 is 6.03 Å². The van der Waals surface area contributed by atoms with E-state index in [1.165, 1.54) is 24.3 Å². The van der Waals surface area contributed by atoms with Crippen LogP contribution in [0.4, 0.5) is 14.9 Å². The maximum atomic E-state index is 12.9. The number of carbonyl (C=O) groups is 1. The number of halogens is 1. The van der Waals surface area contributed by atoms with E-state index in [1.807, 2.05) is 25.1 Å². The molecule has 5 nitrogen and oxygen atoms in total. The quantitative estimate of drug-likeness (QED) is 0.729. The maximum Gasteiger partial charge on any atom is 0.319 e. The molecule has 1 atom stereocenters. The third kappa shape index (κ3) is 5.33. The highest BCUT2D eigenvalue weighted by Crippen LogP contribution is 2.16. The molecule has 0 fully saturated rings. The van der Waals surface area contributed by atoms with Crippen LogP contribution < -0.4 is 10.6 Å². The summed E-state index contributed by atoms with van der Waals surface area (Å²) in [5.74, 6) is -0.373. The maximum absolute atomic E-state index is 12.9. The van der Waals surface area contributed by atoms with Crippen molar-refractivity contribution in [1.29, 1.82) is 0 Å². The summed E-state index contributed by atoms with van der Waals surface area (Å²) in [6, 6.07) is 12.4. The molecule has 0 aliphatic rings. The second-order valence-corrected chi connectivity index (χ2v) is 5.20. The van der Waals surface area contributed by atoms with Crippen LogP contribution in [-0.2, 0) is 11.3 Å². The molecule has 0 aliphatic carbocycles. The van der Waals surface area contributed by atoms with E-state index in [0.29, 0.717) is 24.5 Å². The number of aliphatic hydroxyl groups excluding tert-OH is 1. The number of carbonyl (C=O) groups excluding carboxylic acids is 1. The molecule has 128 valence electrons. The Morgan fingerprint density at radius 2 is 1.92 bits per heavy atom. The van der Waals surface area contributed by atoms with Crippen LogP contribution >= 0.6 is 0 Å². The highest BCUT2D eigenvalue weighted by molar-refractivity contribution is 5.90. The van der Waals surface area contributed by atoms with Crippen molar-refractivity contribution in [2.24, 2.45) is 0 Å². The van der Waals surface area contributed by atoms with Crippen molar-refractivity contribution >= 4 is 11.7 Å². The molecule has 1 unspecified atom stereocenters. The van der Waals surface area contributed by atoms with Crippen molar-refractivity contribution in [2.75, 3.05) is 18.5 Å². The summed E-state index contributed by atoms with van der Waals surface area (Å²) in [5, 5.41) is 15.3. The van der Waals surface area contributed by atoms with Gasteiger partial charge in [0.05, 0.1) is 12.7 Å². The van der Waals surface area contributed by atoms with E-state index in [4.69, 9.17) is 4.74 Å². The molecule has 0 spiro atoms. The molecular formula is C18H21FN2O3. The number of para-hydroxylation sites is 1. The molecule has 2 aromatic rings. The summed E-state index contributed by atoms with van der Waals surface area (Å²) < 4.78 is 18.2. The van der Waals surface area contributed by atoms with Gasteiger partial charge in [-0.05, 0) is 30.7 Å². The Balaban J connectivity index is 1.88. The normalized spacial score (nSPS) is 11.8. The highest BCUT2D eigenvalue weighted by Gasteiger charge is 2.11. The van der Waals surface area contributed by atoms with E-state index in [-0.39, 0.29) is 12.4 Å². The van der Waals surface area contributed by atoms with Crippen molar-refractivity contribution in [3.8, 4) is 0 Å². The molecule has 0 aromatic heterocycles. The van der Waals surface area contributed by atoms with E-state index < -0.39 is 12.1 Å². The molecule has 0 radical (unpaired) electrons. The smallest absolute Gasteiger partial charge is 0.319 e. The van der Waals surface area contributed by atoms with E-state index in [2.05, 4.69) is 10.6 Å². The first-order valence-corrected chi connectivity index (χ1v) is 7.74. The third-order valence-electron chi connectivity index (χ3n) is 3.44. The fourth-order valence-corrected chi connectivity index (χ4v) is 2.14. The van der Waals surface area contributed by atoms with E-state index in [9.17, 15) is 14.3 Å². The van der Waals surface area contributed by atoms with Crippen LogP contribution in [0.25, 0.3) is 0 Å². The first-order chi connectivity index (χ1) is 11.6. The largest absolute Gasteiger partial charge is 0.387 e. The van der Waals surface area contributed by atoms with E-state index in [1.54, 1.807) is 6.07 Å². The number of benzene rings is 2. The van der Waals surface area contributed by atoms with Gasteiger partial charge in [-0.15, -0.1) is 0 Å². The van der Waals surface area contributed by atoms with Crippen LogP contribution in [0.5, 0.6) is 0 Å². The molecule has 24 heavy (non-hydrogen) atoms. The Kier molecular flexibility index (Phi) is 6.72. The summed E-state index contributed by atoms with van der Waals surface area (Å²) >= 11 is 0. The van der Waals surface area contributed by atoms with Crippen LogP contribution in [0.15, 0.2) is 48.5 Å². The Labute approximate surface area is 140 Å². The molecule has 2 aromatic carbocycles. The van der Waals surface area contributed by atoms with Gasteiger partial charge in [-0.3, -0.25) is 0 Å². The van der Waals surface area contributed by atoms with Crippen LogP contribution in [-0.4, -0.2) is 24.3 Å². The topological polar surface area (TPSA) is 70.6 Å². The van der Waals surface area contributed by atoms with Crippen molar-refractivity contribution in [3.05, 3.63) is 65.5 Å². The number of urea groups is 1. The van der Waals surface area contributed by atoms with Crippen LogP contribution in [0.2, 0.25) is 0 Å². The average molecular weight is 332 g/mol. The monoisotopic (exact) mass is 332 g/mol. The lowest BCUT2D eigenvalue weighted by Gasteiger charge is -2.14. The standard InChI is InChI=1S/C18H21FN2O3/c1-2-24-12-14-5-3-4-6-16(14)21-18(23)20-11-17(22)13-7-9-15(19)10-8-13/h3-10,17,22H,2,11-12H2,1H3,(H2,20,21,23). The molecular weight excluding hydrogens is 311 g/mol. The lowest BCUT2D eigenvalue weighted by molar-refractivity contribution is 0.134. The Morgan fingerprint density at radius 3 is 2.62 bits per heavy atom. The van der Waals surface area contributed by atoms with Crippen molar-refractivity contribution in [2.45, 2.75) is 19.6 Å². The van der Waals surface area contributed by atoms with Gasteiger partial charge in [0, 0.05) is 24.4 Å². The molecule has 2 rings (SSSR count). The second kappa shape index (κ2) is 9.00. The minimum atomic E-state index is -0.907. The van der Waals surface area contributed by atoms with Gasteiger partial charge in [0.1, 0.15) is 5.82 Å². The van der Waals surface area contributed by atoms with Gasteiger partial charge in [0.2, 0.25) is 0 Å². The van der Waals surface area contributed by atoms with E-state index in [0.717, 1.165) is 5.56 Å². The summed E-state index contributed by atoms with van der Waals surface area (Å²) in [4.78, 5) is 12.0. The highest BCUT2D eigenvalue weighted by atomic mass is 19.1. The summed E-state index contributed by atoms with van der Waals surface area (Å²) in [7, 11) is 0. The number of amides is 2. The van der Waals surface area contributed by atoms with Crippen molar-refractivity contribution < 1.29 is 19.0 Å². The minimum Gasteiger partial charge on any atom is -0.387 e. The fourth-order valence-electron chi connectivity index (χ4n) is 2.14. The van der Waals surface area contributed by atoms with Crippen molar-refractivity contribution in [1.82, 2.24) is 5.32 Å². The molecule has 0 heterocycles. The first-order valence-electron chi connectivity index (χ1n) is 7.74. The lowest BCUT2D eigenvalue weighted by atomic mass is 10.1. The number of anilines is 1. The van der Waals surface area contributed by atoms with Gasteiger partial charge in [0.25, 0.3) is 0 Å². The molecule has 0 bridgehead atoms. The fraction of sp³-hybridized carbons (Fsp3) is 0.278. The van der Waals surface area contributed by atoms with Crippen LogP contribution in [0.1, 0.15) is 24.2 Å². The summed E-state index contributed by atoms with van der Waals surface area (Å²) in [5.41, 5.74) is 2.06. The van der Waals surface area contributed by atoms with Gasteiger partial charge in [-0.2, -0.15) is 0 Å². The summed E-state index contributed by atoms with van der Waals surface area (Å²) in [6.07, 6.45) is -0.907. The first kappa shape index (κ1) is 17.9. The van der Waals surface area contributed by atoms with Crippen LogP contribution in [0, 0.1) is 5.82 Å². The summed E-state index contributed by atoms with van der Waals surface area (Å²) in [6.45, 7) is 2.92. The molecule has 0 aliphatic heterocycles. The Morgan fingerprint density at radius 1 is 1.21 bits per heavy atom. The molecule has 3 N–H and O–H groups in total. The number of nitrogens with one attached hydrogen (secondary N) is 2. The Hall–Kier alpha value is -2.44. The average Bonchev–Trinajstić information content (AvgIpc) is 2.59. The van der Waals surface area contributed by atoms with Gasteiger partial charge in [-0.1, -0.05) is 30.3 Å². The predicted molar refractivity (Wildman–Crippen MR) is 90.2 cm³/mol. The van der Waals surface area contributed by atoms with Gasteiger partial charge in [-0.25, -0.2) is 9.18 Å². The zero-order valence-electron chi connectivity index (χ0n) is 13.5. The SMILES string of the molecule is CCOCc1ccccc1NC(=O)NCC(O)c1ccc(F)cc1. The lowest BCUT2D eigenvalue weighted by Crippen LogP contribution is -2.32. The number of rotatable bonds is 7. The number of ether oxygens (including phenoxy) is 1. The minimum absolute atomic E-state index is 0.0189. The van der Waals surface area contributed by atoms with Gasteiger partial charge < -0.3 is 20.5 Å². The molecule has 6 heteroatoms. The zero-order chi connectivity index (χ0) is 17.4.